The molecule has 3 heteroatoms. The van der Waals surface area contributed by atoms with Crippen LogP contribution in [0.3, 0.4) is 0 Å². The van der Waals surface area contributed by atoms with Gasteiger partial charge in [0.15, 0.2) is 0 Å². The van der Waals surface area contributed by atoms with Crippen molar-refractivity contribution < 1.29 is 0 Å². The van der Waals surface area contributed by atoms with Gasteiger partial charge in [0, 0.05) is 6.42 Å². The van der Waals surface area contributed by atoms with Gasteiger partial charge in [-0.05, 0) is 65.6 Å². The molecule has 1 N–H and O–H groups in total. The lowest BCUT2D eigenvalue weighted by Gasteiger charge is -2.38. The van der Waals surface area contributed by atoms with E-state index in [-0.39, 0.29) is 5.41 Å². The first-order chi connectivity index (χ1) is 16.3. The van der Waals surface area contributed by atoms with E-state index in [1.807, 2.05) is 38.1 Å². The fourth-order valence-corrected chi connectivity index (χ4v) is 5.18. The molecule has 33 heavy (non-hydrogen) atoms. The molecular weight excluding hydrogens is 402 g/mol. The van der Waals surface area contributed by atoms with E-state index >= 15 is 0 Å². The standard InChI is InChI=1S/C28H27N3.C2H6/c29-20-21-7-6-8-23(19-21)22-11-13-24(14-12-22)28(16-4-1-5-17-28)18-15-27-30-25-9-2-3-10-26(25)31-27;1-2/h2-3,6-14,19H,1,4-5,15-18H2,(H,30,31);1-2H3. The van der Waals surface area contributed by atoms with E-state index in [1.165, 1.54) is 43.2 Å². The summed E-state index contributed by atoms with van der Waals surface area (Å²) in [6.45, 7) is 4.00. The van der Waals surface area contributed by atoms with Gasteiger partial charge in [-0.3, -0.25) is 0 Å². The Morgan fingerprint density at radius 3 is 2.36 bits per heavy atom. The van der Waals surface area contributed by atoms with Gasteiger partial charge in [0.2, 0.25) is 0 Å². The number of fused-ring (bicyclic) bond motifs is 1. The summed E-state index contributed by atoms with van der Waals surface area (Å²) in [4.78, 5) is 8.32. The first-order valence-corrected chi connectivity index (χ1v) is 12.3. The second-order valence-corrected chi connectivity index (χ2v) is 8.81. The quantitative estimate of drug-likeness (QED) is 0.346. The van der Waals surface area contributed by atoms with Crippen LogP contribution in [0.5, 0.6) is 0 Å². The maximum atomic E-state index is 9.20. The molecule has 0 atom stereocenters. The SMILES string of the molecule is CC.N#Cc1cccc(-c2ccc(C3(CCc4nc5ccccc5[nH]4)CCCCC3)cc2)c1. The Morgan fingerprint density at radius 1 is 0.879 bits per heavy atom. The minimum atomic E-state index is 0.226. The molecule has 0 aliphatic heterocycles. The summed E-state index contributed by atoms with van der Waals surface area (Å²) in [5, 5.41) is 9.20. The zero-order chi connectivity index (χ0) is 23.1. The lowest BCUT2D eigenvalue weighted by Crippen LogP contribution is -2.30. The molecule has 0 spiro atoms. The van der Waals surface area contributed by atoms with Crippen LogP contribution in [0, 0.1) is 11.3 Å². The Labute approximate surface area is 197 Å². The van der Waals surface area contributed by atoms with Gasteiger partial charge in [-0.2, -0.15) is 5.26 Å². The molecule has 3 nitrogen and oxygen atoms in total. The Bertz CT molecular complexity index is 1190. The van der Waals surface area contributed by atoms with Crippen molar-refractivity contribution in [3.63, 3.8) is 0 Å². The first kappa shape index (κ1) is 22.8. The minimum absolute atomic E-state index is 0.226. The summed E-state index contributed by atoms with van der Waals surface area (Å²) in [5.74, 6) is 1.09. The van der Waals surface area contributed by atoms with E-state index in [0.717, 1.165) is 35.3 Å². The number of benzene rings is 3. The Hall–Kier alpha value is -3.38. The largest absolute Gasteiger partial charge is 0.342 e. The lowest BCUT2D eigenvalue weighted by molar-refractivity contribution is 0.273. The van der Waals surface area contributed by atoms with Crippen LogP contribution in [0.1, 0.15) is 69.3 Å². The van der Waals surface area contributed by atoms with Crippen LogP contribution in [-0.4, -0.2) is 9.97 Å². The molecule has 168 valence electrons. The van der Waals surface area contributed by atoms with Gasteiger partial charge in [0.05, 0.1) is 22.7 Å². The normalized spacial score (nSPS) is 14.8. The summed E-state index contributed by atoms with van der Waals surface area (Å²) in [5.41, 5.74) is 6.83. The van der Waals surface area contributed by atoms with Crippen molar-refractivity contribution in [3.05, 3.63) is 89.7 Å². The van der Waals surface area contributed by atoms with Crippen molar-refractivity contribution in [1.29, 1.82) is 5.26 Å². The van der Waals surface area contributed by atoms with Crippen LogP contribution in [0.4, 0.5) is 0 Å². The van der Waals surface area contributed by atoms with Crippen LogP contribution in [0.2, 0.25) is 0 Å². The minimum Gasteiger partial charge on any atom is -0.342 e. The third-order valence-corrected chi connectivity index (χ3v) is 6.91. The molecule has 1 aromatic heterocycles. The number of para-hydroxylation sites is 2. The molecule has 1 aliphatic rings. The van der Waals surface area contributed by atoms with E-state index < -0.39 is 0 Å². The van der Waals surface area contributed by atoms with E-state index in [1.54, 1.807) is 0 Å². The molecule has 4 aromatic rings. The monoisotopic (exact) mass is 435 g/mol. The molecule has 1 heterocycles. The van der Waals surface area contributed by atoms with Crippen molar-refractivity contribution in [2.45, 2.75) is 64.2 Å². The van der Waals surface area contributed by atoms with Gasteiger partial charge < -0.3 is 4.98 Å². The van der Waals surface area contributed by atoms with E-state index in [0.29, 0.717) is 5.56 Å². The fraction of sp³-hybridized carbons (Fsp3) is 0.333. The third kappa shape index (κ3) is 5.01. The number of aromatic amines is 1. The number of imidazole rings is 1. The zero-order valence-electron chi connectivity index (χ0n) is 19.8. The maximum Gasteiger partial charge on any atom is 0.107 e. The number of aromatic nitrogens is 2. The number of hydrogen-bond donors (Lipinski definition) is 1. The zero-order valence-corrected chi connectivity index (χ0v) is 19.8. The van der Waals surface area contributed by atoms with E-state index in [9.17, 15) is 5.26 Å². The Kier molecular flexibility index (Phi) is 7.25. The number of nitrogens with one attached hydrogen (secondary N) is 1. The van der Waals surface area contributed by atoms with Crippen molar-refractivity contribution in [1.82, 2.24) is 9.97 Å². The van der Waals surface area contributed by atoms with Crippen LogP contribution in [-0.2, 0) is 11.8 Å². The number of hydrogen-bond acceptors (Lipinski definition) is 2. The number of rotatable bonds is 5. The predicted molar refractivity (Wildman–Crippen MR) is 137 cm³/mol. The first-order valence-electron chi connectivity index (χ1n) is 12.3. The summed E-state index contributed by atoms with van der Waals surface area (Å²) in [6.07, 6.45) is 8.52. The van der Waals surface area contributed by atoms with Crippen LogP contribution in [0.25, 0.3) is 22.2 Å². The van der Waals surface area contributed by atoms with Gasteiger partial charge in [-0.15, -0.1) is 0 Å². The highest BCUT2D eigenvalue weighted by atomic mass is 14.9. The van der Waals surface area contributed by atoms with Gasteiger partial charge in [-0.1, -0.05) is 81.6 Å². The van der Waals surface area contributed by atoms with Crippen LogP contribution >= 0.6 is 0 Å². The molecule has 3 aromatic carbocycles. The second kappa shape index (κ2) is 10.5. The summed E-state index contributed by atoms with van der Waals surface area (Å²) >= 11 is 0. The van der Waals surface area contributed by atoms with Crippen LogP contribution < -0.4 is 0 Å². The molecule has 0 saturated heterocycles. The highest BCUT2D eigenvalue weighted by molar-refractivity contribution is 5.74. The molecule has 5 rings (SSSR count). The molecule has 1 saturated carbocycles. The molecule has 1 aliphatic carbocycles. The summed E-state index contributed by atoms with van der Waals surface area (Å²) in [6, 6.07) is 27.5. The second-order valence-electron chi connectivity index (χ2n) is 8.81. The highest BCUT2D eigenvalue weighted by Crippen LogP contribution is 2.43. The summed E-state index contributed by atoms with van der Waals surface area (Å²) < 4.78 is 0. The maximum absolute atomic E-state index is 9.20. The molecular formula is C30H33N3. The van der Waals surface area contributed by atoms with Crippen molar-refractivity contribution in [2.24, 2.45) is 0 Å². The van der Waals surface area contributed by atoms with Gasteiger partial charge in [-0.25, -0.2) is 4.98 Å². The fourth-order valence-electron chi connectivity index (χ4n) is 5.18. The lowest BCUT2D eigenvalue weighted by atomic mass is 9.66. The van der Waals surface area contributed by atoms with Gasteiger partial charge in [0.25, 0.3) is 0 Å². The molecule has 0 unspecified atom stereocenters. The van der Waals surface area contributed by atoms with Gasteiger partial charge in [0.1, 0.15) is 5.82 Å². The van der Waals surface area contributed by atoms with E-state index in [2.05, 4.69) is 59.6 Å². The smallest absolute Gasteiger partial charge is 0.107 e. The van der Waals surface area contributed by atoms with Crippen molar-refractivity contribution >= 4 is 11.0 Å². The van der Waals surface area contributed by atoms with Gasteiger partial charge >= 0.3 is 0 Å². The third-order valence-electron chi connectivity index (χ3n) is 6.91. The Balaban J connectivity index is 0.00000126. The average molecular weight is 436 g/mol. The number of nitrogens with zero attached hydrogens (tertiary/aromatic N) is 2. The molecule has 0 bridgehead atoms. The number of nitriles is 1. The number of H-pyrrole nitrogens is 1. The van der Waals surface area contributed by atoms with Crippen molar-refractivity contribution in [3.8, 4) is 17.2 Å². The van der Waals surface area contributed by atoms with E-state index in [4.69, 9.17) is 4.98 Å². The van der Waals surface area contributed by atoms with Crippen molar-refractivity contribution in [2.75, 3.05) is 0 Å². The predicted octanol–water partition coefficient (Wildman–Crippen LogP) is 7.96. The topological polar surface area (TPSA) is 52.5 Å². The summed E-state index contributed by atoms with van der Waals surface area (Å²) in [7, 11) is 0. The molecule has 1 fully saturated rings. The Morgan fingerprint density at radius 2 is 1.64 bits per heavy atom. The highest BCUT2D eigenvalue weighted by Gasteiger charge is 2.33. The molecule has 0 amide bonds. The van der Waals surface area contributed by atoms with Crippen LogP contribution in [0.15, 0.2) is 72.8 Å². The molecule has 0 radical (unpaired) electrons. The number of aryl methyl sites for hydroxylation is 1. The average Bonchev–Trinajstić information content (AvgIpc) is 3.33.